The Morgan fingerprint density at radius 1 is 1.05 bits per heavy atom. The van der Waals surface area contributed by atoms with E-state index in [0.717, 1.165) is 0 Å². The molecule has 0 heterocycles. The molecule has 2 aromatic carbocycles. The predicted octanol–water partition coefficient (Wildman–Crippen LogP) is 3.79. The molecule has 0 radical (unpaired) electrons. The fraction of sp³-hybridized carbons (Fsp3) is 0.133. The van der Waals surface area contributed by atoms with E-state index in [0.29, 0.717) is 0 Å². The van der Waals surface area contributed by atoms with Gasteiger partial charge in [-0.05, 0) is 31.2 Å². The van der Waals surface area contributed by atoms with Gasteiger partial charge in [-0.25, -0.2) is 8.42 Å². The van der Waals surface area contributed by atoms with Crippen molar-refractivity contribution in [1.82, 2.24) is 0 Å². The Labute approximate surface area is 139 Å². The zero-order valence-corrected chi connectivity index (χ0v) is 13.9. The maximum absolute atomic E-state index is 12.4. The highest BCUT2D eigenvalue weighted by molar-refractivity contribution is 7.92. The van der Waals surface area contributed by atoms with Crippen LogP contribution in [-0.2, 0) is 14.6 Å². The van der Waals surface area contributed by atoms with Crippen molar-refractivity contribution in [2.24, 2.45) is 0 Å². The topological polar surface area (TPSA) is 63.2 Å². The quantitative estimate of drug-likeness (QED) is 0.904. The molecule has 0 aliphatic heterocycles. The van der Waals surface area contributed by atoms with Crippen molar-refractivity contribution in [2.45, 2.75) is 17.1 Å². The van der Waals surface area contributed by atoms with Gasteiger partial charge in [0.15, 0.2) is 9.84 Å². The molecule has 1 unspecified atom stereocenters. The van der Waals surface area contributed by atoms with Crippen LogP contribution in [0.2, 0.25) is 10.0 Å². The van der Waals surface area contributed by atoms with E-state index in [1.807, 2.05) is 0 Å². The molecule has 4 nitrogen and oxygen atoms in total. The summed E-state index contributed by atoms with van der Waals surface area (Å²) in [7, 11) is -3.77. The lowest BCUT2D eigenvalue weighted by Gasteiger charge is -2.14. The highest BCUT2D eigenvalue weighted by Crippen LogP contribution is 2.30. The number of carbonyl (C=O) groups is 1. The number of anilines is 1. The highest BCUT2D eigenvalue weighted by atomic mass is 35.5. The third-order valence-corrected chi connectivity index (χ3v) is 6.01. The molecule has 0 fully saturated rings. The van der Waals surface area contributed by atoms with Gasteiger partial charge in [-0.2, -0.15) is 0 Å². The maximum atomic E-state index is 12.4. The Hall–Kier alpha value is -1.56. The van der Waals surface area contributed by atoms with Gasteiger partial charge in [0.25, 0.3) is 0 Å². The van der Waals surface area contributed by atoms with Crippen molar-refractivity contribution in [3.63, 3.8) is 0 Å². The first-order valence-corrected chi connectivity index (χ1v) is 8.68. The smallest absolute Gasteiger partial charge is 0.242 e. The summed E-state index contributed by atoms with van der Waals surface area (Å²) in [5.74, 6) is -0.673. The van der Waals surface area contributed by atoms with Gasteiger partial charge in [0, 0.05) is 0 Å². The zero-order chi connectivity index (χ0) is 16.3. The second-order valence-corrected chi connectivity index (χ2v) is 7.64. The lowest BCUT2D eigenvalue weighted by atomic mass is 10.3. The van der Waals surface area contributed by atoms with Crippen molar-refractivity contribution < 1.29 is 13.2 Å². The predicted molar refractivity (Wildman–Crippen MR) is 88.2 cm³/mol. The number of hydrogen-bond donors (Lipinski definition) is 1. The number of rotatable bonds is 4. The van der Waals surface area contributed by atoms with Crippen LogP contribution in [0.1, 0.15) is 6.92 Å². The van der Waals surface area contributed by atoms with Gasteiger partial charge in [-0.3, -0.25) is 4.79 Å². The number of amides is 1. The van der Waals surface area contributed by atoms with Crippen LogP contribution in [0.3, 0.4) is 0 Å². The van der Waals surface area contributed by atoms with Crippen LogP contribution in [0.25, 0.3) is 0 Å². The summed E-state index contributed by atoms with van der Waals surface area (Å²) in [6, 6.07) is 12.5. The number of sulfone groups is 1. The minimum atomic E-state index is -3.77. The van der Waals surface area contributed by atoms with Crippen LogP contribution in [0.4, 0.5) is 5.69 Å². The van der Waals surface area contributed by atoms with Gasteiger partial charge < -0.3 is 5.32 Å². The van der Waals surface area contributed by atoms with E-state index in [2.05, 4.69) is 5.32 Å². The molecule has 116 valence electrons. The van der Waals surface area contributed by atoms with E-state index >= 15 is 0 Å². The average Bonchev–Trinajstić information content (AvgIpc) is 2.51. The second-order valence-electron chi connectivity index (χ2n) is 4.59. The summed E-state index contributed by atoms with van der Waals surface area (Å²) in [4.78, 5) is 12.3. The molecule has 1 N–H and O–H groups in total. The molecule has 2 aromatic rings. The lowest BCUT2D eigenvalue weighted by molar-refractivity contribution is -0.115. The molecule has 0 aromatic heterocycles. The number of hydrogen-bond acceptors (Lipinski definition) is 3. The third-order valence-electron chi connectivity index (χ3n) is 3.12. The summed E-state index contributed by atoms with van der Waals surface area (Å²) in [6.45, 7) is 1.33. The molecule has 7 heteroatoms. The fourth-order valence-electron chi connectivity index (χ4n) is 1.79. The van der Waals surface area contributed by atoms with Crippen LogP contribution >= 0.6 is 23.2 Å². The van der Waals surface area contributed by atoms with Crippen LogP contribution in [0, 0.1) is 0 Å². The summed E-state index contributed by atoms with van der Waals surface area (Å²) >= 11 is 11.8. The molecule has 1 atom stereocenters. The number of halogens is 2. The summed E-state index contributed by atoms with van der Waals surface area (Å²) in [5, 5.41) is 1.68. The number of nitrogens with one attached hydrogen (secondary N) is 1. The fourth-order valence-corrected chi connectivity index (χ4v) is 3.42. The van der Waals surface area contributed by atoms with Crippen molar-refractivity contribution in [3.8, 4) is 0 Å². The van der Waals surface area contributed by atoms with Crippen LogP contribution in [-0.4, -0.2) is 19.6 Å². The third kappa shape index (κ3) is 3.43. The SMILES string of the molecule is CC(C(=O)Nc1cccc(Cl)c1Cl)S(=O)(=O)c1ccccc1. The highest BCUT2D eigenvalue weighted by Gasteiger charge is 2.30. The molecular weight excluding hydrogens is 345 g/mol. The first-order valence-electron chi connectivity index (χ1n) is 6.38. The van der Waals surface area contributed by atoms with Crippen molar-refractivity contribution in [2.75, 3.05) is 5.32 Å². The van der Waals surface area contributed by atoms with Crippen molar-refractivity contribution in [3.05, 3.63) is 58.6 Å². The number of benzene rings is 2. The summed E-state index contributed by atoms with van der Waals surface area (Å²) < 4.78 is 24.8. The first kappa shape index (κ1) is 16.8. The minimum Gasteiger partial charge on any atom is -0.324 e. The number of carbonyl (C=O) groups excluding carboxylic acids is 1. The minimum absolute atomic E-state index is 0.0924. The summed E-state index contributed by atoms with van der Waals surface area (Å²) in [6.07, 6.45) is 0. The van der Waals surface area contributed by atoms with Gasteiger partial charge >= 0.3 is 0 Å². The van der Waals surface area contributed by atoms with E-state index in [4.69, 9.17) is 23.2 Å². The second kappa shape index (κ2) is 6.69. The van der Waals surface area contributed by atoms with E-state index in [1.54, 1.807) is 36.4 Å². The molecule has 0 aliphatic carbocycles. The van der Waals surface area contributed by atoms with Crippen LogP contribution in [0.5, 0.6) is 0 Å². The Morgan fingerprint density at radius 3 is 2.32 bits per heavy atom. The standard InChI is InChI=1S/C15H13Cl2NO3S/c1-10(22(20,21)11-6-3-2-4-7-11)15(19)18-13-9-5-8-12(16)14(13)17/h2-10H,1H3,(H,18,19). The monoisotopic (exact) mass is 357 g/mol. The Bertz CT molecular complexity index is 792. The van der Waals surface area contributed by atoms with Crippen LogP contribution < -0.4 is 5.32 Å². The largest absolute Gasteiger partial charge is 0.324 e. The molecule has 1 amide bonds. The molecule has 0 spiro atoms. The Kier molecular flexibility index (Phi) is 5.11. The van der Waals surface area contributed by atoms with Crippen LogP contribution in [0.15, 0.2) is 53.4 Å². The summed E-state index contributed by atoms with van der Waals surface area (Å²) in [5.41, 5.74) is 0.272. The van der Waals surface area contributed by atoms with E-state index in [1.165, 1.54) is 19.1 Å². The molecular formula is C15H13Cl2NO3S. The average molecular weight is 358 g/mol. The van der Waals surface area contributed by atoms with Gasteiger partial charge in [0.1, 0.15) is 5.25 Å². The van der Waals surface area contributed by atoms with Crippen molar-refractivity contribution >= 4 is 44.6 Å². The molecule has 2 rings (SSSR count). The van der Waals surface area contributed by atoms with Crippen molar-refractivity contribution in [1.29, 1.82) is 0 Å². The van der Waals surface area contributed by atoms with Gasteiger partial charge in [-0.15, -0.1) is 0 Å². The normalized spacial score (nSPS) is 12.7. The van der Waals surface area contributed by atoms with E-state index in [-0.39, 0.29) is 20.6 Å². The Morgan fingerprint density at radius 2 is 1.68 bits per heavy atom. The molecule has 0 saturated carbocycles. The molecule has 0 aliphatic rings. The molecule has 0 saturated heterocycles. The lowest BCUT2D eigenvalue weighted by Crippen LogP contribution is -2.32. The molecule has 0 bridgehead atoms. The first-order chi connectivity index (χ1) is 10.3. The van der Waals surface area contributed by atoms with E-state index in [9.17, 15) is 13.2 Å². The molecule has 22 heavy (non-hydrogen) atoms. The zero-order valence-electron chi connectivity index (χ0n) is 11.6. The van der Waals surface area contributed by atoms with E-state index < -0.39 is 21.0 Å². The van der Waals surface area contributed by atoms with Gasteiger partial charge in [0.2, 0.25) is 5.91 Å². The van der Waals surface area contributed by atoms with Gasteiger partial charge in [0.05, 0.1) is 20.6 Å². The maximum Gasteiger partial charge on any atom is 0.242 e. The van der Waals surface area contributed by atoms with Gasteiger partial charge in [-0.1, -0.05) is 47.5 Å². The Balaban J connectivity index is 2.24.